The lowest BCUT2D eigenvalue weighted by molar-refractivity contribution is 0.102. The number of hydrogen-bond acceptors (Lipinski definition) is 3. The molecule has 0 radical (unpaired) electrons. The van der Waals surface area contributed by atoms with Crippen LogP contribution in [0.4, 0.5) is 5.82 Å². The molecule has 0 bridgehead atoms. The fraction of sp³-hybridized carbons (Fsp3) is 0. The molecule has 16 heavy (non-hydrogen) atoms. The molecule has 82 valence electrons. The molecule has 0 spiro atoms. The lowest BCUT2D eigenvalue weighted by Crippen LogP contribution is -2.13. The summed E-state index contributed by atoms with van der Waals surface area (Å²) in [6.07, 6.45) is 4.56. The minimum absolute atomic E-state index is 0.154. The molecule has 0 saturated heterocycles. The van der Waals surface area contributed by atoms with Crippen LogP contribution in [0.1, 0.15) is 10.5 Å². The van der Waals surface area contributed by atoms with Crippen molar-refractivity contribution in [3.8, 4) is 0 Å². The van der Waals surface area contributed by atoms with Crippen LogP contribution < -0.4 is 5.32 Å². The third kappa shape index (κ3) is 2.40. The van der Waals surface area contributed by atoms with Crippen LogP contribution in [0, 0.1) is 0 Å². The van der Waals surface area contributed by atoms with E-state index >= 15 is 0 Å². The Morgan fingerprint density at radius 1 is 1.44 bits per heavy atom. The minimum Gasteiger partial charge on any atom is -0.356 e. The number of hydrogen-bond donors (Lipinski definition) is 2. The Morgan fingerprint density at radius 2 is 2.19 bits per heavy atom. The van der Waals surface area contributed by atoms with E-state index in [1.54, 1.807) is 12.3 Å². The Kier molecular flexibility index (Phi) is 3.21. The third-order valence-corrected chi connectivity index (χ3v) is 2.51. The van der Waals surface area contributed by atoms with E-state index in [-0.39, 0.29) is 16.9 Å². The van der Waals surface area contributed by atoms with Crippen LogP contribution in [0.15, 0.2) is 29.1 Å². The van der Waals surface area contributed by atoms with Crippen molar-refractivity contribution in [3.05, 3.63) is 40.0 Å². The summed E-state index contributed by atoms with van der Waals surface area (Å²) in [6, 6.07) is 1.65. The molecular formula is C9H6BrClN4O. The highest BCUT2D eigenvalue weighted by molar-refractivity contribution is 9.10. The maximum atomic E-state index is 11.7. The molecule has 7 heteroatoms. The van der Waals surface area contributed by atoms with Crippen molar-refractivity contribution < 1.29 is 4.79 Å². The van der Waals surface area contributed by atoms with Gasteiger partial charge in [-0.25, -0.2) is 9.97 Å². The number of nitrogens with one attached hydrogen (secondary N) is 2. The van der Waals surface area contributed by atoms with Gasteiger partial charge in [0.05, 0.1) is 0 Å². The van der Waals surface area contributed by atoms with E-state index in [0.29, 0.717) is 5.69 Å². The summed E-state index contributed by atoms with van der Waals surface area (Å²) >= 11 is 8.99. The largest absolute Gasteiger partial charge is 0.356 e. The smallest absolute Gasteiger partial charge is 0.273 e. The van der Waals surface area contributed by atoms with E-state index in [9.17, 15) is 4.79 Å². The number of anilines is 1. The van der Waals surface area contributed by atoms with E-state index in [4.69, 9.17) is 11.6 Å². The molecule has 5 nitrogen and oxygen atoms in total. The van der Waals surface area contributed by atoms with E-state index in [0.717, 1.165) is 4.47 Å². The van der Waals surface area contributed by atoms with Gasteiger partial charge in [-0.3, -0.25) is 4.79 Å². The summed E-state index contributed by atoms with van der Waals surface area (Å²) in [5.41, 5.74) is 0.411. The molecule has 2 aromatic heterocycles. The number of aromatic nitrogens is 3. The van der Waals surface area contributed by atoms with E-state index < -0.39 is 0 Å². The molecule has 0 unspecified atom stereocenters. The van der Waals surface area contributed by atoms with Gasteiger partial charge >= 0.3 is 0 Å². The maximum absolute atomic E-state index is 11.7. The van der Waals surface area contributed by atoms with Crippen molar-refractivity contribution in [1.29, 1.82) is 0 Å². The van der Waals surface area contributed by atoms with Crippen LogP contribution in [0.2, 0.25) is 5.15 Å². The molecule has 2 heterocycles. The number of H-pyrrole nitrogens is 1. The van der Waals surface area contributed by atoms with Crippen LogP contribution in [-0.4, -0.2) is 20.9 Å². The van der Waals surface area contributed by atoms with Gasteiger partial charge in [0.1, 0.15) is 5.69 Å². The first-order valence-electron chi connectivity index (χ1n) is 4.28. The molecule has 2 rings (SSSR count). The van der Waals surface area contributed by atoms with Crippen molar-refractivity contribution in [3.63, 3.8) is 0 Å². The number of halogens is 2. The Balaban J connectivity index is 2.17. The van der Waals surface area contributed by atoms with Gasteiger partial charge in [0.2, 0.25) is 0 Å². The highest BCUT2D eigenvalue weighted by atomic mass is 79.9. The lowest BCUT2D eigenvalue weighted by Gasteiger charge is -2.02. The Morgan fingerprint density at radius 3 is 2.81 bits per heavy atom. The SMILES string of the molecule is O=C(Nc1nccnc1Cl)c1cc(Br)c[nH]1. The first kappa shape index (κ1) is 11.1. The molecule has 0 aliphatic carbocycles. The monoisotopic (exact) mass is 300 g/mol. The standard InChI is InChI=1S/C9H6BrClN4O/c10-5-3-6(14-4-5)9(16)15-8-7(11)12-1-2-13-8/h1-4,14H,(H,13,15,16). The summed E-state index contributed by atoms with van der Waals surface area (Å²) < 4.78 is 0.794. The second-order valence-corrected chi connectivity index (χ2v) is 4.16. The summed E-state index contributed by atoms with van der Waals surface area (Å²) in [6.45, 7) is 0. The van der Waals surface area contributed by atoms with Gasteiger partial charge in [0.15, 0.2) is 11.0 Å². The highest BCUT2D eigenvalue weighted by Gasteiger charge is 2.11. The predicted molar refractivity (Wildman–Crippen MR) is 63.5 cm³/mol. The summed E-state index contributed by atoms with van der Waals surface area (Å²) in [7, 11) is 0. The fourth-order valence-corrected chi connectivity index (χ4v) is 1.57. The lowest BCUT2D eigenvalue weighted by atomic mass is 10.4. The normalized spacial score (nSPS) is 10.1. The molecule has 0 fully saturated rings. The highest BCUT2D eigenvalue weighted by Crippen LogP contribution is 2.16. The van der Waals surface area contributed by atoms with Gasteiger partial charge in [0.25, 0.3) is 5.91 Å². The van der Waals surface area contributed by atoms with Crippen molar-refractivity contribution in [2.75, 3.05) is 5.32 Å². The van der Waals surface area contributed by atoms with E-state index in [2.05, 4.69) is 36.2 Å². The van der Waals surface area contributed by atoms with Crippen molar-refractivity contribution in [2.45, 2.75) is 0 Å². The first-order valence-corrected chi connectivity index (χ1v) is 5.45. The molecule has 0 saturated carbocycles. The summed E-state index contributed by atoms with van der Waals surface area (Å²) in [4.78, 5) is 22.2. The second-order valence-electron chi connectivity index (χ2n) is 2.88. The second kappa shape index (κ2) is 4.63. The van der Waals surface area contributed by atoms with E-state index in [1.807, 2.05) is 0 Å². The fourth-order valence-electron chi connectivity index (χ4n) is 1.08. The zero-order valence-electron chi connectivity index (χ0n) is 7.87. The molecular weight excluding hydrogens is 295 g/mol. The number of aromatic amines is 1. The molecule has 0 atom stereocenters. The van der Waals surface area contributed by atoms with Crippen LogP contribution in [-0.2, 0) is 0 Å². The number of nitrogens with zero attached hydrogens (tertiary/aromatic N) is 2. The molecule has 0 aromatic carbocycles. The average molecular weight is 302 g/mol. The first-order chi connectivity index (χ1) is 7.66. The van der Waals surface area contributed by atoms with Gasteiger partial charge in [-0.05, 0) is 22.0 Å². The van der Waals surface area contributed by atoms with Gasteiger partial charge in [-0.15, -0.1) is 0 Å². The Bertz CT molecular complexity index is 528. The van der Waals surface area contributed by atoms with Crippen LogP contribution in [0.3, 0.4) is 0 Å². The number of rotatable bonds is 2. The molecule has 2 N–H and O–H groups in total. The molecule has 2 aromatic rings. The maximum Gasteiger partial charge on any atom is 0.273 e. The minimum atomic E-state index is -0.326. The van der Waals surface area contributed by atoms with Gasteiger partial charge < -0.3 is 10.3 Å². The molecule has 1 amide bonds. The predicted octanol–water partition coefficient (Wildman–Crippen LogP) is 2.47. The molecule has 0 aliphatic heterocycles. The van der Waals surface area contributed by atoms with Gasteiger partial charge in [-0.2, -0.15) is 0 Å². The number of carbonyl (C=O) groups excluding carboxylic acids is 1. The number of amides is 1. The van der Waals surface area contributed by atoms with Crippen LogP contribution >= 0.6 is 27.5 Å². The van der Waals surface area contributed by atoms with Crippen molar-refractivity contribution in [1.82, 2.24) is 15.0 Å². The van der Waals surface area contributed by atoms with Crippen molar-refractivity contribution in [2.24, 2.45) is 0 Å². The van der Waals surface area contributed by atoms with E-state index in [1.165, 1.54) is 12.4 Å². The van der Waals surface area contributed by atoms with Crippen molar-refractivity contribution >= 4 is 39.3 Å². The average Bonchev–Trinajstić information content (AvgIpc) is 2.68. The zero-order valence-corrected chi connectivity index (χ0v) is 10.2. The van der Waals surface area contributed by atoms with Crippen LogP contribution in [0.5, 0.6) is 0 Å². The topological polar surface area (TPSA) is 70.7 Å². The van der Waals surface area contributed by atoms with Crippen LogP contribution in [0.25, 0.3) is 0 Å². The Labute approximate surface area is 104 Å². The van der Waals surface area contributed by atoms with Gasteiger partial charge in [-0.1, -0.05) is 11.6 Å². The summed E-state index contributed by atoms with van der Waals surface area (Å²) in [5, 5.41) is 2.70. The summed E-state index contributed by atoms with van der Waals surface area (Å²) in [5.74, 6) is -0.0898. The molecule has 0 aliphatic rings. The Hall–Kier alpha value is -1.40. The quantitative estimate of drug-likeness (QED) is 0.895. The number of carbonyl (C=O) groups is 1. The van der Waals surface area contributed by atoms with Gasteiger partial charge in [0, 0.05) is 23.1 Å². The third-order valence-electron chi connectivity index (χ3n) is 1.78. The zero-order chi connectivity index (χ0) is 11.5.